The highest BCUT2D eigenvalue weighted by atomic mass is 32.1. The Labute approximate surface area is 229 Å². The van der Waals surface area contributed by atoms with Crippen LogP contribution < -0.4 is 14.8 Å². The van der Waals surface area contributed by atoms with Crippen molar-refractivity contribution in [1.29, 1.82) is 10.5 Å². The number of fused-ring (bicyclic) bond motifs is 2. The van der Waals surface area contributed by atoms with Crippen LogP contribution in [0.2, 0.25) is 0 Å². The van der Waals surface area contributed by atoms with Crippen molar-refractivity contribution in [3.8, 4) is 17.9 Å². The fraction of sp³-hybridized carbons (Fsp3) is 0.107. The van der Waals surface area contributed by atoms with Crippen molar-refractivity contribution in [1.82, 2.24) is 9.55 Å². The zero-order valence-electron chi connectivity index (χ0n) is 20.8. The number of aromatic nitrogens is 2. The van der Waals surface area contributed by atoms with Crippen LogP contribution in [0.15, 0.2) is 70.1 Å². The maximum absolute atomic E-state index is 13.8. The minimum atomic E-state index is -0.922. The standard InChI is InChI=1S/C28H18N6O5S/c1-2-39-15-32-26-20(13-29)24(16-5-8-18(9-6-16)34(37)38)21(14-30)28-33(26)27(36)23(40-28)12-17-7-10-22(35)25-19(17)4-3-11-31-25/h3-12,15,24,35H,2H2,1H3/b23-12+,32-15+. The van der Waals surface area contributed by atoms with Crippen molar-refractivity contribution >= 4 is 51.8 Å². The number of phenols is 1. The Kier molecular flexibility index (Phi) is 6.93. The Morgan fingerprint density at radius 1 is 1.20 bits per heavy atom. The SMILES string of the molecule is CCO/C=N/C1=C(C#N)C(c2ccc([N+](=O)[O-])cc2)C(C#N)=c2s/c(=C/c3ccc(O)c4ncccc34)c(=O)n21. The molecule has 196 valence electrons. The third kappa shape index (κ3) is 4.38. The molecule has 1 N–H and O–H groups in total. The van der Waals surface area contributed by atoms with Gasteiger partial charge in [0, 0.05) is 23.7 Å². The van der Waals surface area contributed by atoms with Crippen molar-refractivity contribution in [2.45, 2.75) is 12.8 Å². The summed E-state index contributed by atoms with van der Waals surface area (Å²) in [5.41, 5.74) is 0.933. The van der Waals surface area contributed by atoms with E-state index in [1.165, 1.54) is 34.9 Å². The first-order chi connectivity index (χ1) is 19.4. The molecule has 5 rings (SSSR count). The molecule has 12 heteroatoms. The van der Waals surface area contributed by atoms with Crippen molar-refractivity contribution in [3.63, 3.8) is 0 Å². The number of nitriles is 2. The summed E-state index contributed by atoms with van der Waals surface area (Å²) in [5, 5.41) is 42.5. The van der Waals surface area contributed by atoms with Crippen molar-refractivity contribution in [2.75, 3.05) is 6.61 Å². The fourth-order valence-corrected chi connectivity index (χ4v) is 5.56. The van der Waals surface area contributed by atoms with E-state index in [1.807, 2.05) is 0 Å². The lowest BCUT2D eigenvalue weighted by atomic mass is 9.84. The molecule has 0 fully saturated rings. The van der Waals surface area contributed by atoms with Gasteiger partial charge in [0.1, 0.15) is 15.9 Å². The molecule has 11 nitrogen and oxygen atoms in total. The molecule has 2 aromatic carbocycles. The monoisotopic (exact) mass is 550 g/mol. The first kappa shape index (κ1) is 26.0. The summed E-state index contributed by atoms with van der Waals surface area (Å²) in [6, 6.07) is 16.4. The number of nitro benzene ring substituents is 1. The van der Waals surface area contributed by atoms with Gasteiger partial charge in [0.2, 0.25) is 0 Å². The van der Waals surface area contributed by atoms with Gasteiger partial charge in [-0.05, 0) is 36.3 Å². The number of thiazole rings is 1. The Morgan fingerprint density at radius 2 is 1.95 bits per heavy atom. The number of benzene rings is 2. The zero-order chi connectivity index (χ0) is 28.4. The third-order valence-corrected chi connectivity index (χ3v) is 7.36. The van der Waals surface area contributed by atoms with E-state index >= 15 is 0 Å². The van der Waals surface area contributed by atoms with E-state index in [2.05, 4.69) is 22.1 Å². The van der Waals surface area contributed by atoms with Gasteiger partial charge in [-0.25, -0.2) is 9.56 Å². The highest BCUT2D eigenvalue weighted by Gasteiger charge is 2.33. The number of non-ortho nitro benzene ring substituents is 1. The topological polar surface area (TPSA) is 167 Å². The van der Waals surface area contributed by atoms with Gasteiger partial charge >= 0.3 is 0 Å². The maximum Gasteiger partial charge on any atom is 0.274 e. The van der Waals surface area contributed by atoms with Gasteiger partial charge in [0.05, 0.1) is 45.3 Å². The summed E-state index contributed by atoms with van der Waals surface area (Å²) in [4.78, 5) is 32.9. The Bertz CT molecular complexity index is 2010. The second-order valence-electron chi connectivity index (χ2n) is 8.48. The molecule has 4 aromatic rings. The van der Waals surface area contributed by atoms with Crippen LogP contribution in [0.1, 0.15) is 24.0 Å². The van der Waals surface area contributed by atoms with Gasteiger partial charge in [0.25, 0.3) is 11.2 Å². The first-order valence-electron chi connectivity index (χ1n) is 11.9. The van der Waals surface area contributed by atoms with Gasteiger partial charge < -0.3 is 9.84 Å². The number of nitro groups is 1. The predicted molar refractivity (Wildman–Crippen MR) is 149 cm³/mol. The predicted octanol–water partition coefficient (Wildman–Crippen LogP) is 3.13. The van der Waals surface area contributed by atoms with E-state index in [1.54, 1.807) is 37.4 Å². The summed E-state index contributed by atoms with van der Waals surface area (Å²) in [7, 11) is 0. The molecule has 1 atom stereocenters. The maximum atomic E-state index is 13.8. The number of phenolic OH excluding ortho intramolecular Hbond substituents is 1. The molecule has 0 spiro atoms. The molecule has 1 aliphatic heterocycles. The second kappa shape index (κ2) is 10.6. The molecule has 0 saturated heterocycles. The molecule has 2 aromatic heterocycles. The van der Waals surface area contributed by atoms with Crippen LogP contribution in [-0.2, 0) is 4.74 Å². The molecule has 0 aliphatic carbocycles. The Hall–Kier alpha value is -5.59. The highest BCUT2D eigenvalue weighted by molar-refractivity contribution is 7.07. The summed E-state index contributed by atoms with van der Waals surface area (Å²) < 4.78 is 6.99. The van der Waals surface area contributed by atoms with E-state index in [0.717, 1.165) is 17.7 Å². The van der Waals surface area contributed by atoms with Crippen LogP contribution in [0.3, 0.4) is 0 Å². The molecular formula is C28H18N6O5S. The quantitative estimate of drug-likeness (QED) is 0.165. The van der Waals surface area contributed by atoms with Gasteiger partial charge in [0.15, 0.2) is 12.2 Å². The van der Waals surface area contributed by atoms with Crippen LogP contribution in [0.4, 0.5) is 5.69 Å². The van der Waals surface area contributed by atoms with E-state index in [9.17, 15) is 30.5 Å². The largest absolute Gasteiger partial charge is 0.506 e. The smallest absolute Gasteiger partial charge is 0.274 e. The van der Waals surface area contributed by atoms with Gasteiger partial charge in [-0.15, -0.1) is 11.3 Å². The number of aliphatic imine (C=N–C) groups is 1. The molecule has 0 amide bonds. The zero-order valence-corrected chi connectivity index (χ0v) is 21.6. The van der Waals surface area contributed by atoms with Gasteiger partial charge in [-0.2, -0.15) is 10.5 Å². The lowest BCUT2D eigenvalue weighted by Gasteiger charge is -2.22. The van der Waals surface area contributed by atoms with E-state index in [-0.39, 0.29) is 37.6 Å². The Balaban J connectivity index is 1.83. The average Bonchev–Trinajstić information content (AvgIpc) is 3.29. The fourth-order valence-electron chi connectivity index (χ4n) is 4.46. The van der Waals surface area contributed by atoms with Crippen LogP contribution in [0, 0.1) is 32.8 Å². The molecule has 0 bridgehead atoms. The lowest BCUT2D eigenvalue weighted by molar-refractivity contribution is -0.384. The number of hydrogen-bond acceptors (Lipinski definition) is 10. The summed E-state index contributed by atoms with van der Waals surface area (Å²) in [6.45, 7) is 2.05. The normalized spacial score (nSPS) is 15.2. The highest BCUT2D eigenvalue weighted by Crippen LogP contribution is 2.37. The minimum Gasteiger partial charge on any atom is -0.506 e. The van der Waals surface area contributed by atoms with E-state index < -0.39 is 16.4 Å². The van der Waals surface area contributed by atoms with E-state index in [4.69, 9.17) is 4.74 Å². The molecule has 1 unspecified atom stereocenters. The van der Waals surface area contributed by atoms with Crippen molar-refractivity contribution in [3.05, 3.63) is 101 Å². The molecule has 1 aliphatic rings. The molecule has 40 heavy (non-hydrogen) atoms. The van der Waals surface area contributed by atoms with Gasteiger partial charge in [-0.3, -0.25) is 19.9 Å². The molecule has 3 heterocycles. The molecule has 0 saturated carbocycles. The number of rotatable bonds is 6. The average molecular weight is 551 g/mol. The molecule has 0 radical (unpaired) electrons. The molecular weight excluding hydrogens is 532 g/mol. The third-order valence-electron chi connectivity index (χ3n) is 6.25. The van der Waals surface area contributed by atoms with Crippen LogP contribution >= 0.6 is 11.3 Å². The van der Waals surface area contributed by atoms with Crippen molar-refractivity contribution in [2.24, 2.45) is 4.99 Å². The first-order valence-corrected chi connectivity index (χ1v) is 12.7. The second-order valence-corrected chi connectivity index (χ2v) is 9.51. The van der Waals surface area contributed by atoms with Crippen LogP contribution in [-0.4, -0.2) is 32.6 Å². The number of aromatic hydroxyl groups is 1. The van der Waals surface area contributed by atoms with E-state index in [0.29, 0.717) is 28.6 Å². The van der Waals surface area contributed by atoms with Gasteiger partial charge in [-0.1, -0.05) is 24.3 Å². The summed E-state index contributed by atoms with van der Waals surface area (Å²) >= 11 is 1.05. The number of allylic oxidation sites excluding steroid dienone is 1. The number of nitrogens with zero attached hydrogens (tertiary/aromatic N) is 6. The number of pyridine rings is 1. The summed E-state index contributed by atoms with van der Waals surface area (Å²) in [6.07, 6.45) is 4.31. The van der Waals surface area contributed by atoms with Crippen molar-refractivity contribution < 1.29 is 14.8 Å². The lowest BCUT2D eigenvalue weighted by Crippen LogP contribution is -2.35. The summed E-state index contributed by atoms with van der Waals surface area (Å²) in [5.74, 6) is -0.934. The Morgan fingerprint density at radius 3 is 2.62 bits per heavy atom. The number of ether oxygens (including phenoxy) is 1. The number of hydrogen-bond donors (Lipinski definition) is 1. The minimum absolute atomic E-state index is 0.00451. The van der Waals surface area contributed by atoms with Crippen LogP contribution in [0.5, 0.6) is 5.75 Å². The van der Waals surface area contributed by atoms with Crippen LogP contribution in [0.25, 0.3) is 28.4 Å².